The Morgan fingerprint density at radius 3 is 2.94 bits per heavy atom. The number of aromatic nitrogens is 3. The second kappa shape index (κ2) is 3.86. The topological polar surface area (TPSA) is 30.7 Å². The Morgan fingerprint density at radius 2 is 2.25 bits per heavy atom. The molecule has 1 fully saturated rings. The molecule has 0 aromatic carbocycles. The van der Waals surface area contributed by atoms with Crippen molar-refractivity contribution in [3.63, 3.8) is 0 Å². The molecule has 0 aliphatic heterocycles. The van der Waals surface area contributed by atoms with Crippen molar-refractivity contribution in [2.45, 2.75) is 18.8 Å². The minimum atomic E-state index is 0.616. The number of pyridine rings is 1. The zero-order chi connectivity index (χ0) is 11.1. The molecule has 2 heterocycles. The van der Waals surface area contributed by atoms with Gasteiger partial charge in [0.25, 0.3) is 0 Å². The second-order valence-electron chi connectivity index (χ2n) is 3.92. The lowest BCUT2D eigenvalue weighted by atomic mass is 10.3. The number of rotatable bonds is 2. The second-order valence-corrected chi connectivity index (χ2v) is 5.21. The monoisotopic (exact) mass is 297 g/mol. The minimum absolute atomic E-state index is 0.616. The predicted octanol–water partition coefficient (Wildman–Crippen LogP) is 3.56. The van der Waals surface area contributed by atoms with Gasteiger partial charge in [-0.2, -0.15) is 5.10 Å². The van der Waals surface area contributed by atoms with Crippen LogP contribution in [0.5, 0.6) is 0 Å². The van der Waals surface area contributed by atoms with Gasteiger partial charge in [-0.15, -0.1) is 0 Å². The van der Waals surface area contributed by atoms with Gasteiger partial charge >= 0.3 is 0 Å². The molecular weight excluding hydrogens is 289 g/mol. The van der Waals surface area contributed by atoms with Gasteiger partial charge in [0.05, 0.1) is 15.2 Å². The van der Waals surface area contributed by atoms with Gasteiger partial charge in [-0.3, -0.25) is 0 Å². The first-order valence-electron chi connectivity index (χ1n) is 5.11. The summed E-state index contributed by atoms with van der Waals surface area (Å²) < 4.78 is 2.64. The molecule has 5 heteroatoms. The van der Waals surface area contributed by atoms with E-state index in [-0.39, 0.29) is 0 Å². The van der Waals surface area contributed by atoms with Crippen molar-refractivity contribution in [1.82, 2.24) is 14.8 Å². The van der Waals surface area contributed by atoms with Crippen LogP contribution < -0.4 is 0 Å². The molecule has 0 spiro atoms. The molecule has 0 amide bonds. The van der Waals surface area contributed by atoms with E-state index in [0.717, 1.165) is 16.0 Å². The van der Waals surface area contributed by atoms with Crippen molar-refractivity contribution in [2.75, 3.05) is 0 Å². The average Bonchev–Trinajstić information content (AvgIpc) is 2.98. The van der Waals surface area contributed by atoms with Crippen molar-refractivity contribution in [1.29, 1.82) is 0 Å². The van der Waals surface area contributed by atoms with Crippen LogP contribution in [0.1, 0.15) is 24.5 Å². The average molecular weight is 299 g/mol. The summed E-state index contributed by atoms with van der Waals surface area (Å²) >= 11 is 9.29. The van der Waals surface area contributed by atoms with Crippen LogP contribution in [0.2, 0.25) is 5.02 Å². The number of halogens is 2. The first-order chi connectivity index (χ1) is 7.74. The van der Waals surface area contributed by atoms with E-state index in [1.165, 1.54) is 12.8 Å². The predicted molar refractivity (Wildman–Crippen MR) is 66.0 cm³/mol. The Hall–Kier alpha value is -0.870. The van der Waals surface area contributed by atoms with Crippen LogP contribution in [-0.2, 0) is 0 Å². The summed E-state index contributed by atoms with van der Waals surface area (Å²) in [6.45, 7) is 0. The Balaban J connectivity index is 2.00. The maximum Gasteiger partial charge on any atom is 0.167 e. The van der Waals surface area contributed by atoms with Gasteiger partial charge in [-0.05, 0) is 40.9 Å². The summed E-state index contributed by atoms with van der Waals surface area (Å²) in [6.07, 6.45) is 6.08. The number of nitrogens with zero attached hydrogens (tertiary/aromatic N) is 3. The molecule has 16 heavy (non-hydrogen) atoms. The summed E-state index contributed by atoms with van der Waals surface area (Å²) in [5.41, 5.74) is 1.16. The molecule has 1 saturated carbocycles. The lowest BCUT2D eigenvalue weighted by molar-refractivity contribution is 0.809. The summed E-state index contributed by atoms with van der Waals surface area (Å²) in [7, 11) is 0. The fourth-order valence-corrected chi connectivity index (χ4v) is 2.45. The maximum absolute atomic E-state index is 5.85. The van der Waals surface area contributed by atoms with Crippen molar-refractivity contribution in [2.24, 2.45) is 0 Å². The molecule has 3 nitrogen and oxygen atoms in total. The van der Waals surface area contributed by atoms with Crippen molar-refractivity contribution in [3.05, 3.63) is 39.7 Å². The van der Waals surface area contributed by atoms with Crippen LogP contribution in [-0.4, -0.2) is 14.8 Å². The van der Waals surface area contributed by atoms with Gasteiger partial charge in [0.1, 0.15) is 0 Å². The summed E-state index contributed by atoms with van der Waals surface area (Å²) in [6, 6.07) is 3.88. The largest absolute Gasteiger partial charge is 0.235 e. The molecule has 1 aliphatic carbocycles. The third-order valence-corrected chi connectivity index (χ3v) is 3.40. The third kappa shape index (κ3) is 1.87. The molecule has 0 unspecified atom stereocenters. The van der Waals surface area contributed by atoms with E-state index in [0.29, 0.717) is 10.9 Å². The van der Waals surface area contributed by atoms with Gasteiger partial charge in [0.2, 0.25) is 0 Å². The summed E-state index contributed by atoms with van der Waals surface area (Å²) in [5, 5.41) is 5.13. The van der Waals surface area contributed by atoms with Crippen LogP contribution >= 0.6 is 27.5 Å². The highest BCUT2D eigenvalue weighted by Crippen LogP contribution is 2.39. The van der Waals surface area contributed by atoms with Gasteiger partial charge in [-0.25, -0.2) is 9.67 Å². The Kier molecular flexibility index (Phi) is 2.48. The molecular formula is C11H9BrClN3. The molecule has 3 rings (SSSR count). The van der Waals surface area contributed by atoms with Gasteiger partial charge < -0.3 is 0 Å². The van der Waals surface area contributed by atoms with Crippen molar-refractivity contribution in [3.8, 4) is 5.82 Å². The van der Waals surface area contributed by atoms with Crippen molar-refractivity contribution >= 4 is 27.5 Å². The molecule has 2 aromatic rings. The van der Waals surface area contributed by atoms with Crippen LogP contribution in [0.25, 0.3) is 5.82 Å². The van der Waals surface area contributed by atoms with E-state index in [1.54, 1.807) is 10.9 Å². The zero-order valence-corrected chi connectivity index (χ0v) is 10.7. The van der Waals surface area contributed by atoms with Crippen molar-refractivity contribution < 1.29 is 0 Å². The molecule has 0 bridgehead atoms. The third-order valence-electron chi connectivity index (χ3n) is 2.61. The van der Waals surface area contributed by atoms with E-state index in [9.17, 15) is 0 Å². The lowest BCUT2D eigenvalue weighted by Crippen LogP contribution is -1.99. The lowest BCUT2D eigenvalue weighted by Gasteiger charge is -2.03. The fourth-order valence-electron chi connectivity index (χ4n) is 1.63. The van der Waals surface area contributed by atoms with Crippen LogP contribution in [0.4, 0.5) is 0 Å². The summed E-state index contributed by atoms with van der Waals surface area (Å²) in [4.78, 5) is 4.26. The Morgan fingerprint density at radius 1 is 1.44 bits per heavy atom. The normalized spacial score (nSPS) is 15.4. The number of hydrogen-bond donors (Lipinski definition) is 0. The highest BCUT2D eigenvalue weighted by molar-refractivity contribution is 9.10. The molecule has 82 valence electrons. The van der Waals surface area contributed by atoms with Crippen LogP contribution in [0, 0.1) is 0 Å². The van der Waals surface area contributed by atoms with Gasteiger partial charge in [0, 0.05) is 18.3 Å². The zero-order valence-electron chi connectivity index (χ0n) is 8.40. The molecule has 0 radical (unpaired) electrons. The molecule has 2 aromatic heterocycles. The van der Waals surface area contributed by atoms with E-state index in [4.69, 9.17) is 11.6 Å². The van der Waals surface area contributed by atoms with Crippen LogP contribution in [0.15, 0.2) is 29.0 Å². The fraction of sp³-hybridized carbons (Fsp3) is 0.273. The van der Waals surface area contributed by atoms with E-state index in [1.807, 2.05) is 12.3 Å². The van der Waals surface area contributed by atoms with E-state index < -0.39 is 0 Å². The van der Waals surface area contributed by atoms with Crippen LogP contribution in [0.3, 0.4) is 0 Å². The standard InChI is InChI=1S/C11H9BrClN3/c12-9-5-8(13)6-14-11(9)16-4-3-10(15-16)7-1-2-7/h3-7H,1-2H2. The van der Waals surface area contributed by atoms with E-state index >= 15 is 0 Å². The van der Waals surface area contributed by atoms with Gasteiger partial charge in [0.15, 0.2) is 5.82 Å². The smallest absolute Gasteiger partial charge is 0.167 e. The first kappa shape index (κ1) is 10.3. The molecule has 1 aliphatic rings. The first-order valence-corrected chi connectivity index (χ1v) is 6.28. The molecule has 0 saturated heterocycles. The minimum Gasteiger partial charge on any atom is -0.235 e. The highest BCUT2D eigenvalue weighted by Gasteiger charge is 2.26. The summed E-state index contributed by atoms with van der Waals surface area (Å²) in [5.74, 6) is 1.43. The highest BCUT2D eigenvalue weighted by atomic mass is 79.9. The quantitative estimate of drug-likeness (QED) is 0.849. The molecule has 0 N–H and O–H groups in total. The number of hydrogen-bond acceptors (Lipinski definition) is 2. The maximum atomic E-state index is 5.85. The SMILES string of the molecule is Clc1cnc(-n2ccc(C3CC3)n2)c(Br)c1. The van der Waals surface area contributed by atoms with E-state index in [2.05, 4.69) is 32.1 Å². The Bertz CT molecular complexity index is 534. The van der Waals surface area contributed by atoms with Gasteiger partial charge in [-0.1, -0.05) is 11.6 Å². The molecule has 0 atom stereocenters. The Labute approximate surface area is 107 Å².